The van der Waals surface area contributed by atoms with E-state index in [1.54, 1.807) is 13.8 Å². The van der Waals surface area contributed by atoms with Crippen molar-refractivity contribution in [3.05, 3.63) is 49.9 Å². The standard InChI is InChI=1S/C15H15N3O5S/c1-7-8(2)24-15(12(7)13(16)19)17-14(20)9-4-5-11(23-3)10(6-9)18(21)22/h4-6H,1-3H3,(H2,16,19)(H,17,20). The number of nitro benzene ring substituents is 1. The molecular weight excluding hydrogens is 334 g/mol. The summed E-state index contributed by atoms with van der Waals surface area (Å²) in [6, 6.07) is 3.86. The van der Waals surface area contributed by atoms with Crippen molar-refractivity contribution in [2.45, 2.75) is 13.8 Å². The monoisotopic (exact) mass is 349 g/mol. The molecule has 0 aliphatic rings. The van der Waals surface area contributed by atoms with Crippen LogP contribution in [0, 0.1) is 24.0 Å². The predicted molar refractivity (Wildman–Crippen MR) is 89.9 cm³/mol. The molecule has 24 heavy (non-hydrogen) atoms. The van der Waals surface area contributed by atoms with Gasteiger partial charge in [0.25, 0.3) is 11.8 Å². The molecule has 0 bridgehead atoms. The van der Waals surface area contributed by atoms with E-state index in [1.807, 2.05) is 0 Å². The highest BCUT2D eigenvalue weighted by atomic mass is 32.1. The number of nitrogens with two attached hydrogens (primary N) is 1. The molecule has 0 unspecified atom stereocenters. The van der Waals surface area contributed by atoms with E-state index in [9.17, 15) is 19.7 Å². The van der Waals surface area contributed by atoms with Gasteiger partial charge in [-0.2, -0.15) is 0 Å². The second-order valence-electron chi connectivity index (χ2n) is 4.95. The normalized spacial score (nSPS) is 10.3. The number of primary amides is 1. The number of nitrogens with one attached hydrogen (secondary N) is 1. The lowest BCUT2D eigenvalue weighted by Gasteiger charge is -2.07. The molecule has 9 heteroatoms. The molecule has 2 amide bonds. The van der Waals surface area contributed by atoms with E-state index in [0.29, 0.717) is 10.6 Å². The lowest BCUT2D eigenvalue weighted by atomic mass is 10.1. The maximum absolute atomic E-state index is 12.4. The summed E-state index contributed by atoms with van der Waals surface area (Å²) in [5.41, 5.74) is 6.05. The van der Waals surface area contributed by atoms with Crippen LogP contribution in [0.4, 0.5) is 10.7 Å². The van der Waals surface area contributed by atoms with Gasteiger partial charge in [0.1, 0.15) is 5.00 Å². The maximum Gasteiger partial charge on any atom is 0.311 e. The van der Waals surface area contributed by atoms with Gasteiger partial charge < -0.3 is 15.8 Å². The first-order chi connectivity index (χ1) is 11.3. The molecule has 1 aromatic carbocycles. The van der Waals surface area contributed by atoms with Crippen molar-refractivity contribution in [1.29, 1.82) is 0 Å². The third-order valence-corrected chi connectivity index (χ3v) is 4.62. The van der Waals surface area contributed by atoms with Gasteiger partial charge in [-0.25, -0.2) is 0 Å². The Hall–Kier alpha value is -2.94. The quantitative estimate of drug-likeness (QED) is 0.634. The molecule has 1 heterocycles. The van der Waals surface area contributed by atoms with Gasteiger partial charge in [0.2, 0.25) is 0 Å². The van der Waals surface area contributed by atoms with Crippen LogP contribution >= 0.6 is 11.3 Å². The Balaban J connectivity index is 2.38. The fraction of sp³-hybridized carbons (Fsp3) is 0.200. The van der Waals surface area contributed by atoms with Crippen molar-refractivity contribution in [1.82, 2.24) is 0 Å². The zero-order chi connectivity index (χ0) is 18.0. The van der Waals surface area contributed by atoms with Gasteiger partial charge in [-0.3, -0.25) is 19.7 Å². The van der Waals surface area contributed by atoms with E-state index in [4.69, 9.17) is 10.5 Å². The molecule has 126 valence electrons. The number of nitro groups is 1. The summed E-state index contributed by atoms with van der Waals surface area (Å²) in [6.45, 7) is 3.54. The van der Waals surface area contributed by atoms with Gasteiger partial charge in [0, 0.05) is 16.5 Å². The van der Waals surface area contributed by atoms with Crippen molar-refractivity contribution in [2.24, 2.45) is 5.73 Å². The Morgan fingerprint density at radius 2 is 2.00 bits per heavy atom. The molecular formula is C15H15N3O5S. The molecule has 8 nitrogen and oxygen atoms in total. The first-order valence-electron chi connectivity index (χ1n) is 6.79. The molecule has 0 aliphatic heterocycles. The number of hydrogen-bond donors (Lipinski definition) is 2. The molecule has 3 N–H and O–H groups in total. The summed E-state index contributed by atoms with van der Waals surface area (Å²) < 4.78 is 4.90. The van der Waals surface area contributed by atoms with Crippen molar-refractivity contribution in [3.63, 3.8) is 0 Å². The van der Waals surface area contributed by atoms with Gasteiger partial charge in [-0.15, -0.1) is 11.3 Å². The third kappa shape index (κ3) is 3.20. The number of ether oxygens (including phenoxy) is 1. The molecule has 0 atom stereocenters. The van der Waals surface area contributed by atoms with Crippen LogP contribution in [-0.4, -0.2) is 23.8 Å². The number of methoxy groups -OCH3 is 1. The molecule has 0 radical (unpaired) electrons. The number of carbonyl (C=O) groups excluding carboxylic acids is 2. The van der Waals surface area contributed by atoms with E-state index >= 15 is 0 Å². The Labute approximate surface area is 141 Å². The molecule has 1 aromatic heterocycles. The van der Waals surface area contributed by atoms with Crippen LogP contribution in [-0.2, 0) is 0 Å². The van der Waals surface area contributed by atoms with Crippen LogP contribution in [0.2, 0.25) is 0 Å². The number of hydrogen-bond acceptors (Lipinski definition) is 6. The van der Waals surface area contributed by atoms with E-state index in [-0.39, 0.29) is 22.6 Å². The van der Waals surface area contributed by atoms with Gasteiger partial charge in [0.05, 0.1) is 17.6 Å². The number of carbonyl (C=O) groups is 2. The highest BCUT2D eigenvalue weighted by Gasteiger charge is 2.22. The first-order valence-corrected chi connectivity index (χ1v) is 7.61. The maximum atomic E-state index is 12.4. The van der Waals surface area contributed by atoms with E-state index < -0.39 is 16.7 Å². The Kier molecular flexibility index (Phi) is 4.84. The summed E-state index contributed by atoms with van der Waals surface area (Å²) in [7, 11) is 1.30. The summed E-state index contributed by atoms with van der Waals surface area (Å²) in [6.07, 6.45) is 0. The minimum Gasteiger partial charge on any atom is -0.490 e. The summed E-state index contributed by atoms with van der Waals surface area (Å²) in [5.74, 6) is -1.17. The van der Waals surface area contributed by atoms with Gasteiger partial charge >= 0.3 is 5.69 Å². The number of benzene rings is 1. The fourth-order valence-corrected chi connectivity index (χ4v) is 3.22. The third-order valence-electron chi connectivity index (χ3n) is 3.50. The lowest BCUT2D eigenvalue weighted by molar-refractivity contribution is -0.385. The Morgan fingerprint density at radius 3 is 2.54 bits per heavy atom. The average Bonchev–Trinajstić information content (AvgIpc) is 2.80. The fourth-order valence-electron chi connectivity index (χ4n) is 2.16. The number of rotatable bonds is 5. The van der Waals surface area contributed by atoms with Crippen LogP contribution in [0.1, 0.15) is 31.2 Å². The minimum absolute atomic E-state index is 0.0530. The van der Waals surface area contributed by atoms with Gasteiger partial charge in [0.15, 0.2) is 5.75 Å². The van der Waals surface area contributed by atoms with E-state index in [1.165, 1.54) is 30.6 Å². The zero-order valence-corrected chi connectivity index (χ0v) is 14.0. The summed E-state index contributed by atoms with van der Waals surface area (Å²) >= 11 is 1.22. The first kappa shape index (κ1) is 17.4. The second kappa shape index (κ2) is 6.67. The topological polar surface area (TPSA) is 125 Å². The molecule has 2 rings (SSSR count). The number of aryl methyl sites for hydroxylation is 1. The number of amides is 2. The summed E-state index contributed by atoms with van der Waals surface area (Å²) in [4.78, 5) is 35.2. The van der Waals surface area contributed by atoms with Crippen molar-refractivity contribution < 1.29 is 19.2 Å². The highest BCUT2D eigenvalue weighted by molar-refractivity contribution is 7.16. The Morgan fingerprint density at radius 1 is 1.33 bits per heavy atom. The average molecular weight is 349 g/mol. The zero-order valence-electron chi connectivity index (χ0n) is 13.2. The predicted octanol–water partition coefficient (Wildman–Crippen LogP) is 2.63. The number of thiophene rings is 1. The van der Waals surface area contributed by atoms with Gasteiger partial charge in [-0.05, 0) is 31.5 Å². The van der Waals surface area contributed by atoms with Crippen molar-refractivity contribution >= 4 is 33.8 Å². The summed E-state index contributed by atoms with van der Waals surface area (Å²) in [5, 5.41) is 13.9. The minimum atomic E-state index is -0.645. The largest absolute Gasteiger partial charge is 0.490 e. The highest BCUT2D eigenvalue weighted by Crippen LogP contribution is 2.33. The molecule has 2 aromatic rings. The van der Waals surface area contributed by atoms with Crippen LogP contribution in [0.5, 0.6) is 5.75 Å². The number of nitrogens with zero attached hydrogens (tertiary/aromatic N) is 1. The SMILES string of the molecule is COc1ccc(C(=O)Nc2sc(C)c(C)c2C(N)=O)cc1[N+](=O)[O-]. The van der Waals surface area contributed by atoms with Crippen molar-refractivity contribution in [3.8, 4) is 5.75 Å². The van der Waals surface area contributed by atoms with E-state index in [2.05, 4.69) is 5.32 Å². The van der Waals surface area contributed by atoms with Crippen LogP contribution in [0.15, 0.2) is 18.2 Å². The lowest BCUT2D eigenvalue weighted by Crippen LogP contribution is -2.17. The molecule has 0 saturated carbocycles. The molecule has 0 saturated heterocycles. The number of anilines is 1. The smallest absolute Gasteiger partial charge is 0.311 e. The van der Waals surface area contributed by atoms with Crippen LogP contribution in [0.3, 0.4) is 0 Å². The van der Waals surface area contributed by atoms with E-state index in [0.717, 1.165) is 10.9 Å². The van der Waals surface area contributed by atoms with Crippen molar-refractivity contribution in [2.75, 3.05) is 12.4 Å². The molecule has 0 aliphatic carbocycles. The second-order valence-corrected chi connectivity index (χ2v) is 6.17. The Bertz CT molecular complexity index is 844. The van der Waals surface area contributed by atoms with Gasteiger partial charge in [-0.1, -0.05) is 0 Å². The van der Waals surface area contributed by atoms with Crippen LogP contribution < -0.4 is 15.8 Å². The molecule has 0 spiro atoms. The van der Waals surface area contributed by atoms with Crippen LogP contribution in [0.25, 0.3) is 0 Å². The molecule has 0 fully saturated rings.